The summed E-state index contributed by atoms with van der Waals surface area (Å²) in [6.45, 7) is 6.21. The van der Waals surface area contributed by atoms with Gasteiger partial charge in [-0.3, -0.25) is 15.0 Å². The van der Waals surface area contributed by atoms with Gasteiger partial charge in [-0.1, -0.05) is 0 Å². The predicted octanol–water partition coefficient (Wildman–Crippen LogP) is 2.71. The van der Waals surface area contributed by atoms with Crippen molar-refractivity contribution in [3.63, 3.8) is 0 Å². The van der Waals surface area contributed by atoms with E-state index in [0.717, 1.165) is 6.92 Å². The van der Waals surface area contributed by atoms with Crippen LogP contribution in [-0.2, 0) is 9.47 Å². The number of rotatable bonds is 6. The lowest BCUT2D eigenvalue weighted by Crippen LogP contribution is -2.49. The molecular formula is C24H28F3N7O5. The highest BCUT2D eigenvalue weighted by atomic mass is 19.4. The third-order valence-corrected chi connectivity index (χ3v) is 6.58. The van der Waals surface area contributed by atoms with E-state index in [1.165, 1.54) is 23.2 Å². The zero-order valence-electron chi connectivity index (χ0n) is 21.5. The topological polar surface area (TPSA) is 131 Å². The van der Waals surface area contributed by atoms with Gasteiger partial charge in [0.2, 0.25) is 11.8 Å². The van der Waals surface area contributed by atoms with Crippen molar-refractivity contribution in [2.24, 2.45) is 0 Å². The Kier molecular flexibility index (Phi) is 6.97. The SMILES string of the molecule is C[C@@H](NC(=O)c1ccc2c(n1)N(C(=O)Nc1nccc(OC[C@@H]3COC(C)(C)O3)n1)C1CCN2C1)C(F)(F)F. The first-order chi connectivity index (χ1) is 18.4. The molecule has 2 aromatic heterocycles. The first-order valence-corrected chi connectivity index (χ1v) is 12.4. The van der Waals surface area contributed by atoms with Crippen LogP contribution in [0.5, 0.6) is 5.88 Å². The van der Waals surface area contributed by atoms with E-state index in [2.05, 4.69) is 20.3 Å². The smallest absolute Gasteiger partial charge is 0.408 e. The van der Waals surface area contributed by atoms with Gasteiger partial charge in [-0.2, -0.15) is 18.2 Å². The molecule has 5 rings (SSSR count). The number of hydrogen-bond acceptors (Lipinski definition) is 9. The van der Waals surface area contributed by atoms with Crippen LogP contribution in [0, 0.1) is 0 Å². The summed E-state index contributed by atoms with van der Waals surface area (Å²) in [6, 6.07) is 1.54. The molecule has 2 aromatic rings. The molecule has 1 unspecified atom stereocenters. The summed E-state index contributed by atoms with van der Waals surface area (Å²) in [6.07, 6.45) is -2.81. The number of alkyl halides is 3. The lowest BCUT2D eigenvalue weighted by Gasteiger charge is -2.35. The third kappa shape index (κ3) is 5.83. The molecule has 2 saturated heterocycles. The number of aromatic nitrogens is 3. The fraction of sp³-hybridized carbons (Fsp3) is 0.542. The fourth-order valence-electron chi connectivity index (χ4n) is 4.61. The lowest BCUT2D eigenvalue weighted by atomic mass is 10.1. The second-order valence-electron chi connectivity index (χ2n) is 9.94. The van der Waals surface area contributed by atoms with Crippen LogP contribution in [-0.4, -0.2) is 83.3 Å². The maximum Gasteiger partial charge on any atom is 0.408 e. The van der Waals surface area contributed by atoms with Crippen molar-refractivity contribution in [3.8, 4) is 5.88 Å². The second-order valence-corrected chi connectivity index (χ2v) is 9.94. The molecule has 5 heterocycles. The van der Waals surface area contributed by atoms with E-state index in [9.17, 15) is 22.8 Å². The number of ether oxygens (including phenoxy) is 3. The van der Waals surface area contributed by atoms with Crippen LogP contribution in [0.3, 0.4) is 0 Å². The summed E-state index contributed by atoms with van der Waals surface area (Å²) in [5, 5.41) is 4.54. The number of nitrogens with one attached hydrogen (secondary N) is 2. The first kappa shape index (κ1) is 26.9. The van der Waals surface area contributed by atoms with Gasteiger partial charge in [-0.05, 0) is 39.3 Å². The molecule has 3 aliphatic heterocycles. The number of amides is 3. The number of carbonyl (C=O) groups is 2. The number of carbonyl (C=O) groups excluding carboxylic acids is 2. The van der Waals surface area contributed by atoms with Gasteiger partial charge in [0.05, 0.1) is 18.3 Å². The Morgan fingerprint density at radius 2 is 2.05 bits per heavy atom. The van der Waals surface area contributed by atoms with E-state index in [-0.39, 0.29) is 42.1 Å². The van der Waals surface area contributed by atoms with E-state index < -0.39 is 29.9 Å². The molecule has 2 bridgehead atoms. The molecule has 2 fully saturated rings. The van der Waals surface area contributed by atoms with Gasteiger partial charge in [-0.25, -0.2) is 14.8 Å². The van der Waals surface area contributed by atoms with Crippen LogP contribution < -0.4 is 25.2 Å². The maximum atomic E-state index is 13.4. The Balaban J connectivity index is 1.31. The van der Waals surface area contributed by atoms with Gasteiger partial charge in [0.1, 0.15) is 24.4 Å². The molecule has 3 amide bonds. The van der Waals surface area contributed by atoms with E-state index in [0.29, 0.717) is 31.8 Å². The zero-order chi connectivity index (χ0) is 27.9. The van der Waals surface area contributed by atoms with Crippen LogP contribution in [0.15, 0.2) is 24.4 Å². The number of urea groups is 1. The lowest BCUT2D eigenvalue weighted by molar-refractivity contribution is -0.149. The standard InChI is InChI=1S/C24H28F3N7O5/c1-13(24(25,26)27)29-20(35)16-4-5-17-19(30-16)34(14-7-9-33(17)10-14)22(36)32-21-28-8-6-18(31-21)37-11-15-12-38-23(2,3)39-15/h4-6,8,13-15H,7,9-12H2,1-3H3,(H,29,35)(H,28,31,32,36)/t13-,14?,15-/m1/s1. The summed E-state index contributed by atoms with van der Waals surface area (Å²) in [5.74, 6) is -1.32. The van der Waals surface area contributed by atoms with Crippen LogP contribution in [0.4, 0.5) is 35.4 Å². The molecule has 0 aliphatic carbocycles. The number of fused-ring (bicyclic) bond motifs is 4. The van der Waals surface area contributed by atoms with Gasteiger partial charge in [0.25, 0.3) is 5.91 Å². The fourth-order valence-corrected chi connectivity index (χ4v) is 4.61. The summed E-state index contributed by atoms with van der Waals surface area (Å²) in [5.41, 5.74) is 0.358. The minimum atomic E-state index is -4.60. The predicted molar refractivity (Wildman–Crippen MR) is 132 cm³/mol. The number of pyridine rings is 1. The van der Waals surface area contributed by atoms with Gasteiger partial charge in [-0.15, -0.1) is 0 Å². The number of hydrogen-bond donors (Lipinski definition) is 2. The van der Waals surface area contributed by atoms with Crippen LogP contribution in [0.2, 0.25) is 0 Å². The summed E-state index contributed by atoms with van der Waals surface area (Å²) in [4.78, 5) is 41.9. The highest BCUT2D eigenvalue weighted by Gasteiger charge is 2.42. The highest BCUT2D eigenvalue weighted by molar-refractivity contribution is 6.04. The van der Waals surface area contributed by atoms with Gasteiger partial charge >= 0.3 is 12.2 Å². The van der Waals surface area contributed by atoms with E-state index in [1.807, 2.05) is 10.2 Å². The number of anilines is 3. The van der Waals surface area contributed by atoms with Crippen LogP contribution >= 0.6 is 0 Å². The summed E-state index contributed by atoms with van der Waals surface area (Å²) in [7, 11) is 0. The number of halogens is 3. The van der Waals surface area contributed by atoms with Crippen molar-refractivity contribution in [2.75, 3.05) is 41.4 Å². The van der Waals surface area contributed by atoms with Crippen LogP contribution in [0.25, 0.3) is 0 Å². The quantitative estimate of drug-likeness (QED) is 0.556. The molecule has 3 aliphatic rings. The largest absolute Gasteiger partial charge is 0.475 e. The minimum Gasteiger partial charge on any atom is -0.475 e. The molecular weight excluding hydrogens is 523 g/mol. The van der Waals surface area contributed by atoms with Gasteiger partial charge in [0.15, 0.2) is 11.6 Å². The van der Waals surface area contributed by atoms with Gasteiger partial charge < -0.3 is 24.4 Å². The monoisotopic (exact) mass is 551 g/mol. The van der Waals surface area contributed by atoms with Gasteiger partial charge in [0, 0.05) is 25.4 Å². The molecule has 210 valence electrons. The highest BCUT2D eigenvalue weighted by Crippen LogP contribution is 2.39. The molecule has 2 N–H and O–H groups in total. The van der Waals surface area contributed by atoms with Crippen molar-refractivity contribution in [2.45, 2.75) is 57.3 Å². The Morgan fingerprint density at radius 1 is 1.26 bits per heavy atom. The molecule has 12 nitrogen and oxygen atoms in total. The second kappa shape index (κ2) is 10.1. The first-order valence-electron chi connectivity index (χ1n) is 12.4. The molecule has 3 atom stereocenters. The molecule has 0 aromatic carbocycles. The van der Waals surface area contributed by atoms with Crippen molar-refractivity contribution in [3.05, 3.63) is 30.1 Å². The summed E-state index contributed by atoms with van der Waals surface area (Å²) < 4.78 is 55.7. The maximum absolute atomic E-state index is 13.4. The average molecular weight is 552 g/mol. The molecule has 0 saturated carbocycles. The molecule has 0 radical (unpaired) electrons. The van der Waals surface area contributed by atoms with Crippen molar-refractivity contribution in [1.29, 1.82) is 0 Å². The Hall–Kier alpha value is -3.72. The minimum absolute atomic E-state index is 0.0173. The zero-order valence-corrected chi connectivity index (χ0v) is 21.5. The average Bonchev–Trinajstić information content (AvgIpc) is 3.45. The van der Waals surface area contributed by atoms with Crippen LogP contribution in [0.1, 0.15) is 37.7 Å². The van der Waals surface area contributed by atoms with Crippen molar-refractivity contribution in [1.82, 2.24) is 20.3 Å². The Bertz CT molecular complexity index is 1260. The van der Waals surface area contributed by atoms with Crippen molar-refractivity contribution >= 4 is 29.4 Å². The van der Waals surface area contributed by atoms with Crippen molar-refractivity contribution < 1.29 is 37.0 Å². The van der Waals surface area contributed by atoms with E-state index in [1.54, 1.807) is 19.9 Å². The Labute approximate surface area is 221 Å². The summed E-state index contributed by atoms with van der Waals surface area (Å²) >= 11 is 0. The number of nitrogens with zero attached hydrogens (tertiary/aromatic N) is 5. The molecule has 15 heteroatoms. The van der Waals surface area contributed by atoms with E-state index in [4.69, 9.17) is 14.2 Å². The molecule has 0 spiro atoms. The van der Waals surface area contributed by atoms with E-state index >= 15 is 0 Å². The molecule has 39 heavy (non-hydrogen) atoms. The normalized spacial score (nSPS) is 22.3. The third-order valence-electron chi connectivity index (χ3n) is 6.58. The Morgan fingerprint density at radius 3 is 2.77 bits per heavy atom.